The van der Waals surface area contributed by atoms with Crippen LogP contribution in [-0.4, -0.2) is 33.1 Å². The van der Waals surface area contributed by atoms with Gasteiger partial charge < -0.3 is 10.1 Å². The van der Waals surface area contributed by atoms with Crippen LogP contribution in [0.3, 0.4) is 0 Å². The second-order valence-corrected chi connectivity index (χ2v) is 7.17. The predicted octanol–water partition coefficient (Wildman–Crippen LogP) is 3.29. The van der Waals surface area contributed by atoms with E-state index in [4.69, 9.17) is 0 Å². The summed E-state index contributed by atoms with van der Waals surface area (Å²) in [7, 11) is 0. The molecule has 7 heteroatoms. The molecule has 0 spiro atoms. The third-order valence-electron chi connectivity index (χ3n) is 4.29. The number of aromatic amines is 1. The zero-order chi connectivity index (χ0) is 18.3. The van der Waals surface area contributed by atoms with E-state index in [2.05, 4.69) is 4.98 Å². The molecule has 0 saturated carbocycles. The Labute approximate surface area is 152 Å². The predicted molar refractivity (Wildman–Crippen MR) is 98.5 cm³/mol. The Kier molecular flexibility index (Phi) is 4.00. The highest BCUT2D eigenvalue weighted by Crippen LogP contribution is 2.36. The molecule has 1 aliphatic rings. The maximum atomic E-state index is 12.8. The molecule has 1 aliphatic heterocycles. The van der Waals surface area contributed by atoms with Crippen molar-refractivity contribution in [2.75, 3.05) is 4.90 Å². The zero-order valence-electron chi connectivity index (χ0n) is 13.5. The van der Waals surface area contributed by atoms with E-state index >= 15 is 0 Å². The van der Waals surface area contributed by atoms with Gasteiger partial charge in [-0.3, -0.25) is 9.59 Å². The van der Waals surface area contributed by atoms with Crippen LogP contribution in [0.5, 0.6) is 0 Å². The van der Waals surface area contributed by atoms with Crippen molar-refractivity contribution in [1.82, 2.24) is 4.98 Å². The summed E-state index contributed by atoms with van der Waals surface area (Å²) < 4.78 is 0. The molecule has 3 aromatic rings. The molecule has 4 rings (SSSR count). The number of nitrogens with one attached hydrogen (secondary N) is 1. The number of hydrogen-bond acceptors (Lipinski definition) is 4. The van der Waals surface area contributed by atoms with Crippen LogP contribution in [0.4, 0.5) is 5.69 Å². The van der Waals surface area contributed by atoms with E-state index in [1.165, 1.54) is 11.0 Å². The Bertz CT molecular complexity index is 1040. The fourth-order valence-electron chi connectivity index (χ4n) is 3.04. The maximum Gasteiger partial charge on any atom is 0.336 e. The first kappa shape index (κ1) is 16.4. The van der Waals surface area contributed by atoms with Crippen LogP contribution in [0.2, 0.25) is 0 Å². The van der Waals surface area contributed by atoms with Crippen LogP contribution in [0.15, 0.2) is 59.6 Å². The summed E-state index contributed by atoms with van der Waals surface area (Å²) in [5, 5.41) is 9.65. The van der Waals surface area contributed by atoms with Gasteiger partial charge in [-0.15, -0.1) is 11.8 Å². The van der Waals surface area contributed by atoms with Crippen molar-refractivity contribution in [2.45, 2.75) is 16.6 Å². The lowest BCUT2D eigenvalue weighted by atomic mass is 10.2. The van der Waals surface area contributed by atoms with Crippen molar-refractivity contribution in [3.8, 4) is 0 Å². The highest BCUT2D eigenvalue weighted by Gasteiger charge is 2.40. The number of carboxylic acids is 1. The minimum atomic E-state index is -1.06. The van der Waals surface area contributed by atoms with Crippen LogP contribution in [0.25, 0.3) is 10.9 Å². The van der Waals surface area contributed by atoms with E-state index in [0.717, 1.165) is 22.7 Å². The highest BCUT2D eigenvalue weighted by molar-refractivity contribution is 8.00. The zero-order valence-corrected chi connectivity index (χ0v) is 14.3. The Balaban J connectivity index is 1.62. The van der Waals surface area contributed by atoms with E-state index in [1.807, 2.05) is 12.1 Å². The van der Waals surface area contributed by atoms with Crippen molar-refractivity contribution >= 4 is 46.1 Å². The quantitative estimate of drug-likeness (QED) is 0.692. The Morgan fingerprint density at radius 1 is 1.15 bits per heavy atom. The molecule has 1 aromatic heterocycles. The van der Waals surface area contributed by atoms with Crippen molar-refractivity contribution in [1.29, 1.82) is 0 Å². The number of amides is 2. The molecule has 1 atom stereocenters. The van der Waals surface area contributed by atoms with Crippen molar-refractivity contribution < 1.29 is 19.5 Å². The van der Waals surface area contributed by atoms with Gasteiger partial charge >= 0.3 is 5.97 Å². The Morgan fingerprint density at radius 3 is 2.77 bits per heavy atom. The number of aromatic carboxylic acids is 1. The summed E-state index contributed by atoms with van der Waals surface area (Å²) in [6.45, 7) is 0. The topological polar surface area (TPSA) is 90.5 Å². The number of aromatic nitrogens is 1. The number of rotatable bonds is 4. The monoisotopic (exact) mass is 366 g/mol. The Hall–Kier alpha value is -3.06. The van der Waals surface area contributed by atoms with Crippen LogP contribution in [0.1, 0.15) is 16.8 Å². The standard InChI is InChI=1S/C19H14N2O4S/c22-17-10-16(26-15-4-2-1-3-13(15)19(24)25)18(23)21(17)12-6-5-11-7-8-20-14(11)9-12/h1-9,16,20H,10H2,(H,24,25). The molecule has 1 saturated heterocycles. The minimum absolute atomic E-state index is 0.0419. The molecule has 6 nitrogen and oxygen atoms in total. The van der Waals surface area contributed by atoms with Crippen molar-refractivity contribution in [3.05, 3.63) is 60.3 Å². The second kappa shape index (κ2) is 6.34. The molecular weight excluding hydrogens is 352 g/mol. The largest absolute Gasteiger partial charge is 0.478 e. The van der Waals surface area contributed by atoms with Gasteiger partial charge in [0.25, 0.3) is 0 Å². The lowest BCUT2D eigenvalue weighted by Gasteiger charge is -2.15. The smallest absolute Gasteiger partial charge is 0.336 e. The molecule has 2 amide bonds. The summed E-state index contributed by atoms with van der Waals surface area (Å²) >= 11 is 1.12. The first-order valence-electron chi connectivity index (χ1n) is 7.97. The van der Waals surface area contributed by atoms with Gasteiger partial charge in [0.15, 0.2) is 0 Å². The van der Waals surface area contributed by atoms with Crippen molar-refractivity contribution in [3.63, 3.8) is 0 Å². The molecule has 2 N–H and O–H groups in total. The third kappa shape index (κ3) is 2.76. The first-order chi connectivity index (χ1) is 12.5. The number of anilines is 1. The number of thioether (sulfide) groups is 1. The van der Waals surface area contributed by atoms with Gasteiger partial charge in [0.2, 0.25) is 11.8 Å². The second-order valence-electron chi connectivity index (χ2n) is 5.93. The fraction of sp³-hybridized carbons (Fsp3) is 0.105. The number of benzene rings is 2. The number of fused-ring (bicyclic) bond motifs is 1. The molecule has 1 fully saturated rings. The van der Waals surface area contributed by atoms with E-state index in [9.17, 15) is 19.5 Å². The molecule has 0 aliphatic carbocycles. The molecule has 26 heavy (non-hydrogen) atoms. The maximum absolute atomic E-state index is 12.8. The average Bonchev–Trinajstić information content (AvgIpc) is 3.19. The number of carbonyl (C=O) groups is 3. The molecule has 2 heterocycles. The van der Waals surface area contributed by atoms with Gasteiger partial charge in [-0.25, -0.2) is 9.69 Å². The highest BCUT2D eigenvalue weighted by atomic mass is 32.2. The summed E-state index contributed by atoms with van der Waals surface area (Å²) in [5.41, 5.74) is 1.49. The average molecular weight is 366 g/mol. The van der Waals surface area contributed by atoms with Crippen molar-refractivity contribution in [2.24, 2.45) is 0 Å². The normalized spacial score (nSPS) is 17.2. The van der Waals surface area contributed by atoms with Crippen LogP contribution < -0.4 is 4.90 Å². The number of H-pyrrole nitrogens is 1. The molecule has 0 radical (unpaired) electrons. The van der Waals surface area contributed by atoms with Gasteiger partial charge in [0.1, 0.15) is 0 Å². The summed E-state index contributed by atoms with van der Waals surface area (Å²) in [4.78, 5) is 41.3. The van der Waals surface area contributed by atoms with Crippen LogP contribution in [-0.2, 0) is 9.59 Å². The number of carboxylic acid groups (broad SMARTS) is 1. The molecule has 1 unspecified atom stereocenters. The SMILES string of the molecule is O=C(O)c1ccccc1SC1CC(=O)N(c2ccc3cc[nH]c3c2)C1=O. The van der Waals surface area contributed by atoms with Gasteiger partial charge in [-0.2, -0.15) is 0 Å². The summed E-state index contributed by atoms with van der Waals surface area (Å²) in [6, 6.07) is 13.8. The molecule has 130 valence electrons. The van der Waals surface area contributed by atoms with Gasteiger partial charge in [-0.05, 0) is 35.7 Å². The minimum Gasteiger partial charge on any atom is -0.478 e. The van der Waals surface area contributed by atoms with Crippen LogP contribution >= 0.6 is 11.8 Å². The Morgan fingerprint density at radius 2 is 1.96 bits per heavy atom. The number of hydrogen-bond donors (Lipinski definition) is 2. The van der Waals surface area contributed by atoms with Gasteiger partial charge in [0.05, 0.1) is 16.5 Å². The summed E-state index contributed by atoms with van der Waals surface area (Å²) in [6.07, 6.45) is 1.84. The lowest BCUT2D eigenvalue weighted by molar-refractivity contribution is -0.121. The van der Waals surface area contributed by atoms with E-state index in [0.29, 0.717) is 10.6 Å². The number of imide groups is 1. The molecule has 0 bridgehead atoms. The van der Waals surface area contributed by atoms with E-state index in [-0.39, 0.29) is 23.8 Å². The molecule has 2 aromatic carbocycles. The number of nitrogens with zero attached hydrogens (tertiary/aromatic N) is 1. The van der Waals surface area contributed by atoms with Crippen LogP contribution in [0, 0.1) is 0 Å². The third-order valence-corrected chi connectivity index (χ3v) is 5.55. The van der Waals surface area contributed by atoms with E-state index in [1.54, 1.807) is 36.5 Å². The van der Waals surface area contributed by atoms with E-state index < -0.39 is 11.2 Å². The summed E-state index contributed by atoms with van der Waals surface area (Å²) in [5.74, 6) is -1.67. The van der Waals surface area contributed by atoms with Gasteiger partial charge in [-0.1, -0.05) is 18.2 Å². The number of carbonyl (C=O) groups excluding carboxylic acids is 2. The first-order valence-corrected chi connectivity index (χ1v) is 8.85. The lowest BCUT2D eigenvalue weighted by Crippen LogP contribution is -2.31. The molecular formula is C19H14N2O4S. The van der Waals surface area contributed by atoms with Gasteiger partial charge in [0, 0.05) is 23.0 Å². The fourth-order valence-corrected chi connectivity index (χ4v) is 4.22.